The molecule has 0 spiro atoms. The summed E-state index contributed by atoms with van der Waals surface area (Å²) in [5.74, 6) is 0.928. The van der Waals surface area contributed by atoms with Crippen LogP contribution < -0.4 is 10.6 Å². The summed E-state index contributed by atoms with van der Waals surface area (Å²) in [6.45, 7) is 4.33. The molecule has 2 aromatic carbocycles. The second-order valence-electron chi connectivity index (χ2n) is 7.25. The Morgan fingerprint density at radius 2 is 1.97 bits per heavy atom. The smallest absolute Gasteiger partial charge is 0.267 e. The summed E-state index contributed by atoms with van der Waals surface area (Å²) < 4.78 is 5.89. The van der Waals surface area contributed by atoms with Crippen molar-refractivity contribution in [2.45, 2.75) is 26.2 Å². The van der Waals surface area contributed by atoms with Crippen molar-refractivity contribution < 1.29 is 9.21 Å². The number of carbonyl (C=O) groups excluding carboxylic acids is 1. The predicted octanol–water partition coefficient (Wildman–Crippen LogP) is 5.73. The summed E-state index contributed by atoms with van der Waals surface area (Å²) in [7, 11) is 0. The van der Waals surface area contributed by atoms with Gasteiger partial charge in [-0.3, -0.25) is 10.1 Å². The van der Waals surface area contributed by atoms with Gasteiger partial charge in [0.25, 0.3) is 5.91 Å². The van der Waals surface area contributed by atoms with E-state index in [0.717, 1.165) is 22.4 Å². The van der Waals surface area contributed by atoms with Crippen LogP contribution in [0.25, 0.3) is 11.1 Å². The zero-order valence-electron chi connectivity index (χ0n) is 16.6. The van der Waals surface area contributed by atoms with E-state index in [1.165, 1.54) is 16.9 Å². The number of anilines is 1. The molecule has 152 valence electrons. The third-order valence-corrected chi connectivity index (χ3v) is 5.73. The van der Waals surface area contributed by atoms with Crippen LogP contribution in [0.3, 0.4) is 0 Å². The number of benzene rings is 2. The zero-order valence-corrected chi connectivity index (χ0v) is 18.3. The highest BCUT2D eigenvalue weighted by Gasteiger charge is 2.10. The second-order valence-corrected chi connectivity index (χ2v) is 8.60. The standard InChI is InChI=1S/C23H21N3O2S2/c1-14(2)16-7-10-19-18(13-16)25-21(28-19)12-15-5-8-17(9-6-15)24-23(29)26-22(27)20-4-3-11-30-20/h3-11,13-14H,12H2,1-2H3,(H2,24,26,27,29). The zero-order chi connectivity index (χ0) is 21.1. The monoisotopic (exact) mass is 435 g/mol. The van der Waals surface area contributed by atoms with E-state index in [1.807, 2.05) is 41.8 Å². The number of nitrogens with one attached hydrogen (secondary N) is 2. The van der Waals surface area contributed by atoms with Crippen molar-refractivity contribution in [1.29, 1.82) is 0 Å². The second kappa shape index (κ2) is 8.77. The minimum Gasteiger partial charge on any atom is -0.440 e. The van der Waals surface area contributed by atoms with E-state index in [-0.39, 0.29) is 11.0 Å². The minimum absolute atomic E-state index is 0.212. The van der Waals surface area contributed by atoms with Gasteiger partial charge in [-0.15, -0.1) is 11.3 Å². The first-order valence-corrected chi connectivity index (χ1v) is 10.9. The Morgan fingerprint density at radius 3 is 2.67 bits per heavy atom. The lowest BCUT2D eigenvalue weighted by molar-refractivity contribution is 0.0981. The molecule has 0 atom stereocenters. The van der Waals surface area contributed by atoms with Crippen LogP contribution >= 0.6 is 23.6 Å². The van der Waals surface area contributed by atoms with Crippen LogP contribution in [0.15, 0.2) is 64.4 Å². The van der Waals surface area contributed by atoms with E-state index in [9.17, 15) is 4.79 Å². The number of fused-ring (bicyclic) bond motifs is 1. The molecule has 0 saturated carbocycles. The van der Waals surface area contributed by atoms with Gasteiger partial charge < -0.3 is 9.73 Å². The fraction of sp³-hybridized carbons (Fsp3) is 0.174. The first-order valence-electron chi connectivity index (χ1n) is 9.62. The summed E-state index contributed by atoms with van der Waals surface area (Å²) in [4.78, 5) is 17.3. The Kier molecular flexibility index (Phi) is 5.92. The number of thiophene rings is 1. The van der Waals surface area contributed by atoms with Crippen LogP contribution in [-0.2, 0) is 6.42 Å². The van der Waals surface area contributed by atoms with Crippen molar-refractivity contribution in [3.63, 3.8) is 0 Å². The summed E-state index contributed by atoms with van der Waals surface area (Å²) in [6, 6.07) is 17.5. The molecule has 0 fully saturated rings. The molecule has 1 amide bonds. The topological polar surface area (TPSA) is 67.2 Å². The Labute approximate surface area is 184 Å². The number of amides is 1. The molecule has 0 aliphatic heterocycles. The summed E-state index contributed by atoms with van der Waals surface area (Å²) in [5.41, 5.74) is 4.82. The fourth-order valence-corrected chi connectivity index (χ4v) is 3.87. The largest absolute Gasteiger partial charge is 0.440 e. The van der Waals surface area contributed by atoms with Gasteiger partial charge in [0.2, 0.25) is 0 Å². The molecular weight excluding hydrogens is 414 g/mol. The Hall–Kier alpha value is -3.03. The van der Waals surface area contributed by atoms with Gasteiger partial charge in [-0.2, -0.15) is 0 Å². The summed E-state index contributed by atoms with van der Waals surface area (Å²) >= 11 is 6.60. The Balaban J connectivity index is 1.38. The fourth-order valence-electron chi connectivity index (χ4n) is 3.04. The van der Waals surface area contributed by atoms with Gasteiger partial charge in [0.15, 0.2) is 16.6 Å². The molecule has 0 radical (unpaired) electrons. The van der Waals surface area contributed by atoms with Gasteiger partial charge in [0, 0.05) is 12.1 Å². The molecule has 7 heteroatoms. The normalized spacial score (nSPS) is 11.0. The first-order chi connectivity index (χ1) is 14.5. The van der Waals surface area contributed by atoms with Crippen molar-refractivity contribution >= 4 is 51.4 Å². The molecule has 4 aromatic rings. The van der Waals surface area contributed by atoms with Crippen molar-refractivity contribution in [3.8, 4) is 0 Å². The molecule has 0 saturated heterocycles. The highest BCUT2D eigenvalue weighted by molar-refractivity contribution is 7.80. The number of rotatable bonds is 5. The van der Waals surface area contributed by atoms with E-state index in [1.54, 1.807) is 6.07 Å². The third kappa shape index (κ3) is 4.75. The molecule has 5 nitrogen and oxygen atoms in total. The van der Waals surface area contributed by atoms with Gasteiger partial charge in [-0.25, -0.2) is 4.98 Å². The number of hydrogen-bond acceptors (Lipinski definition) is 5. The van der Waals surface area contributed by atoms with Gasteiger partial charge >= 0.3 is 0 Å². The van der Waals surface area contributed by atoms with E-state index in [2.05, 4.69) is 41.6 Å². The maximum atomic E-state index is 12.1. The van der Waals surface area contributed by atoms with Crippen molar-refractivity contribution in [2.75, 3.05) is 5.32 Å². The SMILES string of the molecule is CC(C)c1ccc2oc(Cc3ccc(NC(=S)NC(=O)c4cccs4)cc3)nc2c1. The van der Waals surface area contributed by atoms with Crippen molar-refractivity contribution in [2.24, 2.45) is 0 Å². The van der Waals surface area contributed by atoms with Crippen LogP contribution in [0.4, 0.5) is 5.69 Å². The van der Waals surface area contributed by atoms with Crippen LogP contribution in [0.5, 0.6) is 0 Å². The van der Waals surface area contributed by atoms with E-state index in [0.29, 0.717) is 23.1 Å². The number of hydrogen-bond donors (Lipinski definition) is 2. The van der Waals surface area contributed by atoms with Gasteiger partial charge in [-0.1, -0.05) is 38.1 Å². The molecule has 30 heavy (non-hydrogen) atoms. The van der Waals surface area contributed by atoms with Gasteiger partial charge in [-0.05, 0) is 65.0 Å². The molecule has 2 N–H and O–H groups in total. The van der Waals surface area contributed by atoms with Crippen LogP contribution in [0, 0.1) is 0 Å². The lowest BCUT2D eigenvalue weighted by Gasteiger charge is -2.09. The first kappa shape index (κ1) is 20.3. The maximum absolute atomic E-state index is 12.1. The third-order valence-electron chi connectivity index (χ3n) is 4.66. The molecule has 0 aliphatic rings. The highest BCUT2D eigenvalue weighted by Crippen LogP contribution is 2.23. The number of aromatic nitrogens is 1. The number of nitrogens with zero attached hydrogens (tertiary/aromatic N) is 1. The Morgan fingerprint density at radius 1 is 1.17 bits per heavy atom. The molecule has 2 heterocycles. The van der Waals surface area contributed by atoms with Crippen molar-refractivity contribution in [1.82, 2.24) is 10.3 Å². The highest BCUT2D eigenvalue weighted by atomic mass is 32.1. The maximum Gasteiger partial charge on any atom is 0.267 e. The van der Waals surface area contributed by atoms with Crippen LogP contribution in [-0.4, -0.2) is 16.0 Å². The number of carbonyl (C=O) groups is 1. The van der Waals surface area contributed by atoms with Crippen LogP contribution in [0.1, 0.15) is 46.5 Å². The quantitative estimate of drug-likeness (QED) is 0.392. The van der Waals surface area contributed by atoms with Crippen LogP contribution in [0.2, 0.25) is 0 Å². The molecular formula is C23H21N3O2S2. The average molecular weight is 436 g/mol. The van der Waals surface area contributed by atoms with E-state index >= 15 is 0 Å². The number of thiocarbonyl (C=S) groups is 1. The van der Waals surface area contributed by atoms with E-state index in [4.69, 9.17) is 16.6 Å². The average Bonchev–Trinajstić information content (AvgIpc) is 3.38. The van der Waals surface area contributed by atoms with Gasteiger partial charge in [0.05, 0.1) is 4.88 Å². The molecule has 4 rings (SSSR count). The molecule has 0 bridgehead atoms. The lowest BCUT2D eigenvalue weighted by atomic mass is 10.0. The minimum atomic E-state index is -0.212. The Bertz CT molecular complexity index is 1180. The van der Waals surface area contributed by atoms with Crippen molar-refractivity contribution in [3.05, 3.63) is 81.9 Å². The predicted molar refractivity (Wildman–Crippen MR) is 125 cm³/mol. The summed E-state index contributed by atoms with van der Waals surface area (Å²) in [5, 5.41) is 7.82. The number of oxazole rings is 1. The molecule has 0 aliphatic carbocycles. The van der Waals surface area contributed by atoms with E-state index < -0.39 is 0 Å². The lowest BCUT2D eigenvalue weighted by Crippen LogP contribution is -2.33. The van der Waals surface area contributed by atoms with Gasteiger partial charge in [0.1, 0.15) is 5.52 Å². The molecule has 2 aromatic heterocycles. The molecule has 0 unspecified atom stereocenters. The summed E-state index contributed by atoms with van der Waals surface area (Å²) in [6.07, 6.45) is 0.603.